The maximum absolute atomic E-state index is 11.6. The molecule has 6 heteroatoms. The first-order valence-electron chi connectivity index (χ1n) is 8.51. The molecule has 1 heterocycles. The van der Waals surface area contributed by atoms with Gasteiger partial charge in [-0.3, -0.25) is 4.79 Å². The van der Waals surface area contributed by atoms with Gasteiger partial charge in [-0.25, -0.2) is 0 Å². The number of para-hydroxylation sites is 1. The van der Waals surface area contributed by atoms with Gasteiger partial charge in [0.15, 0.2) is 0 Å². The Morgan fingerprint density at radius 1 is 1.15 bits per heavy atom. The monoisotopic (exact) mass is 354 g/mol. The molecule has 26 heavy (non-hydrogen) atoms. The topological polar surface area (TPSA) is 94.6 Å². The number of H-pyrrole nitrogens is 1. The van der Waals surface area contributed by atoms with E-state index >= 15 is 0 Å². The number of aromatic amines is 1. The van der Waals surface area contributed by atoms with Crippen LogP contribution >= 0.6 is 0 Å². The Balaban J connectivity index is 1.63. The number of aromatic nitrogens is 1. The lowest BCUT2D eigenvalue weighted by Gasteiger charge is -2.14. The minimum Gasteiger partial charge on any atom is -0.491 e. The first-order chi connectivity index (χ1) is 12.7. The molecule has 1 unspecified atom stereocenters. The van der Waals surface area contributed by atoms with E-state index in [4.69, 9.17) is 9.84 Å². The van der Waals surface area contributed by atoms with Crippen LogP contribution in [0, 0.1) is 0 Å². The summed E-state index contributed by atoms with van der Waals surface area (Å²) >= 11 is 0. The van der Waals surface area contributed by atoms with Crippen LogP contribution in [0.4, 0.5) is 0 Å². The SMILES string of the molecule is O=C(O)C(Cc1c[nH]c2ccccc12)NCc1ccc(OCCO)cc1. The zero-order valence-corrected chi connectivity index (χ0v) is 14.3. The van der Waals surface area contributed by atoms with Crippen molar-refractivity contribution in [1.82, 2.24) is 10.3 Å². The molecule has 3 aromatic rings. The van der Waals surface area contributed by atoms with Gasteiger partial charge in [-0.15, -0.1) is 0 Å². The molecule has 136 valence electrons. The number of aliphatic hydroxyl groups is 1. The molecule has 0 fully saturated rings. The number of rotatable bonds is 9. The quantitative estimate of drug-likeness (QED) is 0.473. The minimum atomic E-state index is -0.877. The zero-order valence-electron chi connectivity index (χ0n) is 14.3. The Hall–Kier alpha value is -2.83. The van der Waals surface area contributed by atoms with Crippen molar-refractivity contribution in [2.45, 2.75) is 19.0 Å². The van der Waals surface area contributed by atoms with Crippen LogP contribution in [0.5, 0.6) is 5.75 Å². The van der Waals surface area contributed by atoms with Gasteiger partial charge in [0.2, 0.25) is 0 Å². The minimum absolute atomic E-state index is 0.0303. The molecule has 0 radical (unpaired) electrons. The largest absolute Gasteiger partial charge is 0.491 e. The highest BCUT2D eigenvalue weighted by atomic mass is 16.5. The van der Waals surface area contributed by atoms with Gasteiger partial charge >= 0.3 is 5.97 Å². The van der Waals surface area contributed by atoms with Crippen molar-refractivity contribution < 1.29 is 19.7 Å². The van der Waals surface area contributed by atoms with E-state index in [2.05, 4.69) is 10.3 Å². The van der Waals surface area contributed by atoms with E-state index < -0.39 is 12.0 Å². The number of benzene rings is 2. The maximum atomic E-state index is 11.6. The molecular formula is C20H22N2O4. The maximum Gasteiger partial charge on any atom is 0.321 e. The van der Waals surface area contributed by atoms with Gasteiger partial charge in [-0.2, -0.15) is 0 Å². The van der Waals surface area contributed by atoms with Crippen molar-refractivity contribution in [2.75, 3.05) is 13.2 Å². The Morgan fingerprint density at radius 3 is 2.65 bits per heavy atom. The van der Waals surface area contributed by atoms with Crippen molar-refractivity contribution in [3.8, 4) is 5.75 Å². The van der Waals surface area contributed by atoms with E-state index in [1.807, 2.05) is 54.7 Å². The molecular weight excluding hydrogens is 332 g/mol. The first-order valence-corrected chi connectivity index (χ1v) is 8.51. The summed E-state index contributed by atoms with van der Waals surface area (Å²) in [6.45, 7) is 0.667. The lowest BCUT2D eigenvalue weighted by Crippen LogP contribution is -2.38. The summed E-state index contributed by atoms with van der Waals surface area (Å²) in [6.07, 6.45) is 2.27. The smallest absolute Gasteiger partial charge is 0.321 e. The number of aliphatic hydroxyl groups excluding tert-OH is 1. The van der Waals surface area contributed by atoms with Gasteiger partial charge in [0.25, 0.3) is 0 Å². The van der Waals surface area contributed by atoms with Gasteiger partial charge in [0.1, 0.15) is 18.4 Å². The zero-order chi connectivity index (χ0) is 18.4. The molecule has 6 nitrogen and oxygen atoms in total. The molecule has 1 atom stereocenters. The molecule has 0 bridgehead atoms. The normalized spacial score (nSPS) is 12.2. The van der Waals surface area contributed by atoms with Crippen LogP contribution < -0.4 is 10.1 Å². The average Bonchev–Trinajstić information content (AvgIpc) is 3.07. The number of hydrogen-bond donors (Lipinski definition) is 4. The van der Waals surface area contributed by atoms with Gasteiger partial charge in [-0.05, 0) is 29.3 Å². The van der Waals surface area contributed by atoms with Crippen LogP contribution in [-0.4, -0.2) is 40.4 Å². The number of carboxylic acid groups (broad SMARTS) is 1. The second-order valence-electron chi connectivity index (χ2n) is 6.05. The van der Waals surface area contributed by atoms with Crippen LogP contribution in [0.1, 0.15) is 11.1 Å². The van der Waals surface area contributed by atoms with Crippen molar-refractivity contribution in [2.24, 2.45) is 0 Å². The van der Waals surface area contributed by atoms with Crippen molar-refractivity contribution in [1.29, 1.82) is 0 Å². The van der Waals surface area contributed by atoms with Gasteiger partial charge in [0.05, 0.1) is 6.61 Å². The molecule has 2 aromatic carbocycles. The third-order valence-electron chi connectivity index (χ3n) is 4.23. The predicted molar refractivity (Wildman–Crippen MR) is 99.3 cm³/mol. The van der Waals surface area contributed by atoms with Crippen molar-refractivity contribution in [3.05, 3.63) is 65.9 Å². The highest BCUT2D eigenvalue weighted by Gasteiger charge is 2.19. The van der Waals surface area contributed by atoms with Gasteiger partial charge < -0.3 is 25.3 Å². The van der Waals surface area contributed by atoms with Crippen LogP contribution in [0.15, 0.2) is 54.7 Å². The highest BCUT2D eigenvalue weighted by Crippen LogP contribution is 2.19. The average molecular weight is 354 g/mol. The fourth-order valence-corrected chi connectivity index (χ4v) is 2.88. The summed E-state index contributed by atoms with van der Waals surface area (Å²) in [7, 11) is 0. The summed E-state index contributed by atoms with van der Waals surface area (Å²) in [5.41, 5.74) is 2.95. The van der Waals surface area contributed by atoms with E-state index in [0.717, 1.165) is 22.0 Å². The number of aliphatic carboxylic acids is 1. The molecule has 1 aromatic heterocycles. The number of hydrogen-bond acceptors (Lipinski definition) is 4. The molecule has 0 aliphatic rings. The molecule has 0 spiro atoms. The summed E-state index contributed by atoms with van der Waals surface area (Å²) in [5, 5.41) is 22.5. The molecule has 0 amide bonds. The van der Waals surface area contributed by atoms with Gasteiger partial charge in [0, 0.05) is 30.1 Å². The lowest BCUT2D eigenvalue weighted by atomic mass is 10.0. The Morgan fingerprint density at radius 2 is 1.92 bits per heavy atom. The third-order valence-corrected chi connectivity index (χ3v) is 4.23. The third kappa shape index (κ3) is 4.41. The van der Waals surface area contributed by atoms with E-state index in [1.54, 1.807) is 0 Å². The number of fused-ring (bicyclic) bond motifs is 1. The summed E-state index contributed by atoms with van der Waals surface area (Å²) in [4.78, 5) is 14.8. The van der Waals surface area contributed by atoms with Crippen LogP contribution in [0.3, 0.4) is 0 Å². The van der Waals surface area contributed by atoms with Crippen LogP contribution in [0.25, 0.3) is 10.9 Å². The number of carbonyl (C=O) groups is 1. The second-order valence-corrected chi connectivity index (χ2v) is 6.05. The standard InChI is InChI=1S/C20H22N2O4/c23-9-10-26-16-7-5-14(6-8-16)12-21-19(20(24)25)11-15-13-22-18-4-2-1-3-17(15)18/h1-8,13,19,21-23H,9-12H2,(H,24,25). The van der Waals surface area contributed by atoms with Gasteiger partial charge in [-0.1, -0.05) is 30.3 Å². The molecule has 0 aliphatic carbocycles. The molecule has 0 saturated carbocycles. The molecule has 0 saturated heterocycles. The van der Waals surface area contributed by atoms with E-state index in [1.165, 1.54) is 0 Å². The molecule has 0 aliphatic heterocycles. The lowest BCUT2D eigenvalue weighted by molar-refractivity contribution is -0.139. The van der Waals surface area contributed by atoms with E-state index in [9.17, 15) is 9.90 Å². The Kier molecular flexibility index (Phi) is 5.88. The Bertz CT molecular complexity index is 858. The van der Waals surface area contributed by atoms with Crippen molar-refractivity contribution >= 4 is 16.9 Å². The number of ether oxygens (including phenoxy) is 1. The summed E-state index contributed by atoms with van der Waals surface area (Å²) < 4.78 is 5.32. The molecule has 3 rings (SSSR count). The van der Waals surface area contributed by atoms with E-state index in [-0.39, 0.29) is 13.2 Å². The Labute approximate surface area is 151 Å². The number of nitrogens with one attached hydrogen (secondary N) is 2. The second kappa shape index (κ2) is 8.51. The van der Waals surface area contributed by atoms with E-state index in [0.29, 0.717) is 18.7 Å². The fraction of sp³-hybridized carbons (Fsp3) is 0.250. The van der Waals surface area contributed by atoms with Crippen LogP contribution in [0.2, 0.25) is 0 Å². The molecule has 4 N–H and O–H groups in total. The highest BCUT2D eigenvalue weighted by molar-refractivity contribution is 5.84. The summed E-state index contributed by atoms with van der Waals surface area (Å²) in [6, 6.07) is 14.6. The fourth-order valence-electron chi connectivity index (χ4n) is 2.88. The first kappa shape index (κ1) is 18.0. The van der Waals surface area contributed by atoms with Crippen molar-refractivity contribution in [3.63, 3.8) is 0 Å². The summed E-state index contributed by atoms with van der Waals surface area (Å²) in [5.74, 6) is -0.199. The number of carboxylic acids is 1. The predicted octanol–water partition coefficient (Wildman–Crippen LogP) is 2.32. The van der Waals surface area contributed by atoms with Crippen LogP contribution in [-0.2, 0) is 17.8 Å².